The second-order valence-electron chi connectivity index (χ2n) is 9.43. The first-order chi connectivity index (χ1) is 20.7. The van der Waals surface area contributed by atoms with Crippen LogP contribution in [0.4, 0.5) is 5.69 Å². The van der Waals surface area contributed by atoms with E-state index in [1.165, 1.54) is 35.1 Å². The summed E-state index contributed by atoms with van der Waals surface area (Å²) < 4.78 is 19.6. The van der Waals surface area contributed by atoms with Crippen molar-refractivity contribution in [1.82, 2.24) is 4.57 Å². The van der Waals surface area contributed by atoms with E-state index in [0.717, 1.165) is 10.9 Å². The van der Waals surface area contributed by atoms with Crippen LogP contribution in [0.1, 0.15) is 44.1 Å². The minimum absolute atomic E-state index is 0.0166. The molecule has 0 amide bonds. The zero-order valence-corrected chi connectivity index (χ0v) is 26.4. The van der Waals surface area contributed by atoms with Gasteiger partial charge in [-0.1, -0.05) is 52.2 Å². The number of aromatic nitrogens is 1. The molecule has 0 unspecified atom stereocenters. The quantitative estimate of drug-likeness (QED) is 0.117. The largest absolute Gasteiger partial charge is 0.496 e. The third-order valence-corrected chi connectivity index (χ3v) is 8.50. The lowest BCUT2D eigenvalue weighted by Gasteiger charge is -2.27. The summed E-state index contributed by atoms with van der Waals surface area (Å²) in [7, 11) is 1.53. The molecule has 0 radical (unpaired) electrons. The summed E-state index contributed by atoms with van der Waals surface area (Å²) in [5.41, 5.74) is 1.26. The number of furan rings is 1. The number of carbonyl (C=O) groups excluding carboxylic acids is 1. The number of esters is 1. The van der Waals surface area contributed by atoms with Gasteiger partial charge in [-0.25, -0.2) is 9.79 Å². The third-order valence-electron chi connectivity index (χ3n) is 6.71. The van der Waals surface area contributed by atoms with Crippen LogP contribution in [0.25, 0.3) is 17.4 Å². The number of halogens is 2. The van der Waals surface area contributed by atoms with Crippen LogP contribution in [0.3, 0.4) is 0 Å². The maximum absolute atomic E-state index is 14.0. The number of nitrogens with zero attached hydrogens (tertiary/aromatic N) is 3. The number of allylic oxidation sites excluding steroid dienone is 1. The van der Waals surface area contributed by atoms with Crippen LogP contribution < -0.4 is 19.6 Å². The summed E-state index contributed by atoms with van der Waals surface area (Å²) in [5.74, 6) is 0.664. The number of thiazole rings is 1. The van der Waals surface area contributed by atoms with Gasteiger partial charge in [0.15, 0.2) is 4.80 Å². The summed E-state index contributed by atoms with van der Waals surface area (Å²) in [6.45, 7) is 3.87. The van der Waals surface area contributed by atoms with Crippen molar-refractivity contribution in [3.8, 4) is 17.1 Å². The molecule has 4 aromatic rings. The van der Waals surface area contributed by atoms with E-state index in [9.17, 15) is 19.7 Å². The number of carbonyl (C=O) groups is 1. The molecule has 0 spiro atoms. The van der Waals surface area contributed by atoms with Gasteiger partial charge >= 0.3 is 5.97 Å². The Kier molecular flexibility index (Phi) is 9.00. The number of hydrogen-bond donors (Lipinski definition) is 0. The molecule has 43 heavy (non-hydrogen) atoms. The predicted octanol–water partition coefficient (Wildman–Crippen LogP) is 6.17. The van der Waals surface area contributed by atoms with Crippen molar-refractivity contribution >= 4 is 56.6 Å². The van der Waals surface area contributed by atoms with Gasteiger partial charge in [0, 0.05) is 27.7 Å². The van der Waals surface area contributed by atoms with Crippen molar-refractivity contribution < 1.29 is 23.6 Å². The first-order valence-electron chi connectivity index (χ1n) is 13.3. The first-order valence-corrected chi connectivity index (χ1v) is 15.2. The Labute approximate surface area is 262 Å². The van der Waals surface area contributed by atoms with Gasteiger partial charge in [0.25, 0.3) is 11.2 Å². The van der Waals surface area contributed by atoms with E-state index in [4.69, 9.17) is 30.5 Å². The average Bonchev–Trinajstić information content (AvgIpc) is 3.57. The molecule has 5 rings (SSSR count). The van der Waals surface area contributed by atoms with Crippen LogP contribution >= 0.6 is 38.9 Å². The van der Waals surface area contributed by atoms with Crippen molar-refractivity contribution in [2.45, 2.75) is 32.7 Å². The van der Waals surface area contributed by atoms with Gasteiger partial charge in [-0.15, -0.1) is 0 Å². The van der Waals surface area contributed by atoms with E-state index < -0.39 is 16.9 Å². The predicted molar refractivity (Wildman–Crippen MR) is 166 cm³/mol. The number of fused-ring (bicyclic) bond motifs is 1. The van der Waals surface area contributed by atoms with Crippen molar-refractivity contribution in [3.05, 3.63) is 110 Å². The van der Waals surface area contributed by atoms with Gasteiger partial charge in [0.05, 0.1) is 34.4 Å². The van der Waals surface area contributed by atoms with E-state index in [1.54, 1.807) is 37.3 Å². The molecular weight excluding hydrogens is 662 g/mol. The fourth-order valence-corrected chi connectivity index (χ4v) is 6.42. The number of methoxy groups -OCH3 is 1. The van der Waals surface area contributed by atoms with Crippen LogP contribution in [0, 0.1) is 10.1 Å². The first kappa shape index (κ1) is 30.5. The number of rotatable bonds is 9. The Morgan fingerprint density at radius 2 is 2.02 bits per heavy atom. The highest BCUT2D eigenvalue weighted by Crippen LogP contribution is 2.38. The lowest BCUT2D eigenvalue weighted by atomic mass is 9.93. The molecule has 0 bridgehead atoms. The molecule has 1 atom stereocenters. The Bertz CT molecular complexity index is 1960. The van der Waals surface area contributed by atoms with E-state index in [0.29, 0.717) is 49.8 Å². The zero-order valence-electron chi connectivity index (χ0n) is 23.3. The van der Waals surface area contributed by atoms with Crippen molar-refractivity contribution in [3.63, 3.8) is 0 Å². The monoisotopic (exact) mass is 685 g/mol. The van der Waals surface area contributed by atoms with Crippen LogP contribution in [0.5, 0.6) is 5.75 Å². The standard InChI is InChI=1S/C30H25BrClN3O7S/c1-4-6-21-26(29(37)41-5-2)27(19-14-17(31)8-11-24(19)40-3)34-28(36)25(43-30(34)33-21)15-18-9-12-23(42-18)16-7-10-20(32)22(13-16)35(38)39/h7-15,27H,4-6H2,1-3H3/b25-15+/t27-/m0/s1. The van der Waals surface area contributed by atoms with Gasteiger partial charge in [0.1, 0.15) is 28.3 Å². The second kappa shape index (κ2) is 12.7. The molecule has 222 valence electrons. The molecule has 0 saturated heterocycles. The molecule has 13 heteroatoms. The van der Waals surface area contributed by atoms with Gasteiger partial charge in [-0.3, -0.25) is 19.5 Å². The van der Waals surface area contributed by atoms with E-state index in [2.05, 4.69) is 15.9 Å². The summed E-state index contributed by atoms with van der Waals surface area (Å²) in [6, 6.07) is 12.2. The maximum atomic E-state index is 14.0. The lowest BCUT2D eigenvalue weighted by Crippen LogP contribution is -2.40. The summed E-state index contributed by atoms with van der Waals surface area (Å²) in [4.78, 5) is 43.4. The average molecular weight is 687 g/mol. The Morgan fingerprint density at radius 3 is 2.72 bits per heavy atom. The maximum Gasteiger partial charge on any atom is 0.338 e. The molecule has 2 aromatic carbocycles. The molecule has 0 saturated carbocycles. The highest BCUT2D eigenvalue weighted by Gasteiger charge is 2.36. The lowest BCUT2D eigenvalue weighted by molar-refractivity contribution is -0.384. The molecule has 1 aliphatic rings. The van der Waals surface area contributed by atoms with Gasteiger partial charge in [0.2, 0.25) is 0 Å². The Balaban J connectivity index is 1.69. The van der Waals surface area contributed by atoms with E-state index in [1.807, 2.05) is 19.1 Å². The minimum atomic E-state index is -0.853. The number of nitro groups is 1. The smallest absolute Gasteiger partial charge is 0.338 e. The highest BCUT2D eigenvalue weighted by atomic mass is 79.9. The van der Waals surface area contributed by atoms with Crippen LogP contribution in [0.2, 0.25) is 5.02 Å². The fourth-order valence-electron chi connectivity index (χ4n) is 4.85. The SMILES string of the molecule is CCCC1=C(C(=O)OCC)[C@H](c2cc(Br)ccc2OC)n2c(s/c(=C/c3ccc(-c4ccc(Cl)c([N+](=O)[O-])c4)o3)c2=O)=N1. The molecule has 1 aliphatic heterocycles. The van der Waals surface area contributed by atoms with Crippen molar-refractivity contribution in [2.24, 2.45) is 4.99 Å². The number of benzene rings is 2. The number of ether oxygens (including phenoxy) is 2. The summed E-state index contributed by atoms with van der Waals surface area (Å²) >= 11 is 10.6. The van der Waals surface area contributed by atoms with E-state index >= 15 is 0 Å². The number of nitro benzene ring substituents is 1. The topological polar surface area (TPSA) is 126 Å². The number of hydrogen-bond acceptors (Lipinski definition) is 9. The van der Waals surface area contributed by atoms with Crippen molar-refractivity contribution in [1.29, 1.82) is 0 Å². The van der Waals surface area contributed by atoms with Gasteiger partial charge < -0.3 is 13.9 Å². The third kappa shape index (κ3) is 5.95. The molecule has 2 aromatic heterocycles. The Morgan fingerprint density at radius 1 is 1.23 bits per heavy atom. The normalized spacial score (nSPS) is 14.8. The van der Waals surface area contributed by atoms with Gasteiger partial charge in [-0.2, -0.15) is 0 Å². The molecule has 0 aliphatic carbocycles. The highest BCUT2D eigenvalue weighted by molar-refractivity contribution is 9.10. The minimum Gasteiger partial charge on any atom is -0.496 e. The fraction of sp³-hybridized carbons (Fsp3) is 0.233. The second-order valence-corrected chi connectivity index (χ2v) is 11.8. The molecule has 0 fully saturated rings. The molecule has 10 nitrogen and oxygen atoms in total. The summed E-state index contributed by atoms with van der Waals surface area (Å²) in [6.07, 6.45) is 2.80. The molecular formula is C30H25BrClN3O7S. The van der Waals surface area contributed by atoms with Crippen molar-refractivity contribution in [2.75, 3.05) is 13.7 Å². The van der Waals surface area contributed by atoms with Crippen LogP contribution in [-0.2, 0) is 9.53 Å². The zero-order chi connectivity index (χ0) is 30.8. The molecule has 3 heterocycles. The van der Waals surface area contributed by atoms with E-state index in [-0.39, 0.29) is 28.4 Å². The van der Waals surface area contributed by atoms with Gasteiger partial charge in [-0.05, 0) is 55.8 Å². The van der Waals surface area contributed by atoms with Crippen LogP contribution in [-0.4, -0.2) is 29.2 Å². The summed E-state index contributed by atoms with van der Waals surface area (Å²) in [5, 5.41) is 11.4. The van der Waals surface area contributed by atoms with Crippen LogP contribution in [0.15, 0.2) is 78.5 Å². The Hall–Kier alpha value is -4.00. The molecule has 0 N–H and O–H groups in total.